The van der Waals surface area contributed by atoms with Crippen molar-refractivity contribution >= 4 is 23.0 Å². The summed E-state index contributed by atoms with van der Waals surface area (Å²) in [5.74, 6) is 0.434. The van der Waals surface area contributed by atoms with E-state index in [1.165, 1.54) is 5.56 Å². The Balaban J connectivity index is 1.67. The Bertz CT molecular complexity index is 918. The van der Waals surface area contributed by atoms with Crippen LogP contribution in [-0.2, 0) is 6.54 Å². The van der Waals surface area contributed by atoms with Crippen LogP contribution < -0.4 is 5.73 Å². The van der Waals surface area contributed by atoms with E-state index in [-0.39, 0.29) is 11.9 Å². The number of benzene rings is 1. The summed E-state index contributed by atoms with van der Waals surface area (Å²) in [5.41, 5.74) is 9.06. The molecular formula is C19H21N5O. The van der Waals surface area contributed by atoms with Gasteiger partial charge in [0.15, 0.2) is 5.65 Å². The van der Waals surface area contributed by atoms with E-state index >= 15 is 0 Å². The highest BCUT2D eigenvalue weighted by Gasteiger charge is 2.30. The Morgan fingerprint density at radius 1 is 1.32 bits per heavy atom. The molecule has 1 aliphatic heterocycles. The Morgan fingerprint density at radius 3 is 2.88 bits per heavy atom. The van der Waals surface area contributed by atoms with E-state index in [0.717, 1.165) is 25.0 Å². The van der Waals surface area contributed by atoms with Gasteiger partial charge in [0.25, 0.3) is 5.91 Å². The third-order valence-corrected chi connectivity index (χ3v) is 4.88. The number of nitrogens with two attached hydrogens (primary N) is 1. The van der Waals surface area contributed by atoms with Gasteiger partial charge in [0, 0.05) is 19.3 Å². The monoisotopic (exact) mass is 335 g/mol. The van der Waals surface area contributed by atoms with Gasteiger partial charge < -0.3 is 10.6 Å². The second-order valence-corrected chi connectivity index (χ2v) is 6.35. The van der Waals surface area contributed by atoms with Crippen molar-refractivity contribution in [3.8, 4) is 0 Å². The fraction of sp³-hybridized carbons (Fsp3) is 0.316. The number of fused-ring (bicyclic) bond motifs is 1. The molecule has 1 aliphatic rings. The minimum absolute atomic E-state index is 0.00497. The number of imidazole rings is 1. The van der Waals surface area contributed by atoms with E-state index in [1.54, 1.807) is 12.3 Å². The molecule has 3 aromatic rings. The van der Waals surface area contributed by atoms with Crippen LogP contribution in [-0.4, -0.2) is 31.9 Å². The van der Waals surface area contributed by atoms with Crippen LogP contribution in [0, 0.1) is 0 Å². The van der Waals surface area contributed by atoms with Crippen LogP contribution in [0.15, 0.2) is 42.6 Å². The molecule has 4 rings (SSSR count). The first-order chi connectivity index (χ1) is 12.2. The van der Waals surface area contributed by atoms with Crippen molar-refractivity contribution < 1.29 is 4.79 Å². The normalized spacial score (nSPS) is 17.3. The van der Waals surface area contributed by atoms with E-state index in [2.05, 4.69) is 22.1 Å². The number of carbonyl (C=O) groups is 1. The second-order valence-electron chi connectivity index (χ2n) is 6.35. The standard InChI is InChI=1S/C19H21N5O/c1-2-23-17-15(22-19(23)20)11-14(12-21-17)18(25)24-10-6-9-16(24)13-7-4-3-5-8-13/h3-5,7-8,11-12,16H,2,6,9-10H2,1H3,(H2,20,22). The number of amides is 1. The summed E-state index contributed by atoms with van der Waals surface area (Å²) in [5, 5.41) is 0. The Hall–Kier alpha value is -2.89. The number of nitrogen functional groups attached to an aromatic ring is 1. The first-order valence-corrected chi connectivity index (χ1v) is 8.66. The number of likely N-dealkylation sites (tertiary alicyclic amines) is 1. The van der Waals surface area contributed by atoms with Crippen molar-refractivity contribution in [3.63, 3.8) is 0 Å². The topological polar surface area (TPSA) is 77.0 Å². The lowest BCUT2D eigenvalue weighted by atomic mass is 10.0. The van der Waals surface area contributed by atoms with Crippen molar-refractivity contribution in [1.82, 2.24) is 19.4 Å². The molecule has 1 saturated heterocycles. The zero-order chi connectivity index (χ0) is 17.4. The molecule has 128 valence electrons. The highest BCUT2D eigenvalue weighted by Crippen LogP contribution is 2.33. The molecule has 1 unspecified atom stereocenters. The van der Waals surface area contributed by atoms with Gasteiger partial charge in [-0.25, -0.2) is 9.97 Å². The molecule has 0 aliphatic carbocycles. The molecular weight excluding hydrogens is 314 g/mol. The molecule has 25 heavy (non-hydrogen) atoms. The first kappa shape index (κ1) is 15.6. The van der Waals surface area contributed by atoms with Crippen molar-refractivity contribution in [3.05, 3.63) is 53.7 Å². The minimum Gasteiger partial charge on any atom is -0.369 e. The van der Waals surface area contributed by atoms with Crippen LogP contribution in [0.4, 0.5) is 5.95 Å². The van der Waals surface area contributed by atoms with Crippen LogP contribution in [0.2, 0.25) is 0 Å². The Morgan fingerprint density at radius 2 is 2.12 bits per heavy atom. The summed E-state index contributed by atoms with van der Waals surface area (Å²) < 4.78 is 1.84. The van der Waals surface area contributed by atoms with Gasteiger partial charge in [-0.3, -0.25) is 9.36 Å². The molecule has 1 fully saturated rings. The van der Waals surface area contributed by atoms with Crippen LogP contribution >= 0.6 is 0 Å². The molecule has 3 heterocycles. The lowest BCUT2D eigenvalue weighted by Crippen LogP contribution is -2.30. The van der Waals surface area contributed by atoms with Gasteiger partial charge in [0.2, 0.25) is 5.95 Å². The van der Waals surface area contributed by atoms with E-state index < -0.39 is 0 Å². The summed E-state index contributed by atoms with van der Waals surface area (Å²) >= 11 is 0. The molecule has 0 spiro atoms. The maximum atomic E-state index is 13.1. The second kappa shape index (κ2) is 6.20. The summed E-state index contributed by atoms with van der Waals surface area (Å²) in [7, 11) is 0. The lowest BCUT2D eigenvalue weighted by Gasteiger charge is -2.25. The summed E-state index contributed by atoms with van der Waals surface area (Å²) in [6, 6.07) is 12.1. The number of hydrogen-bond acceptors (Lipinski definition) is 4. The van der Waals surface area contributed by atoms with Crippen molar-refractivity contribution in [1.29, 1.82) is 0 Å². The van der Waals surface area contributed by atoms with E-state index in [9.17, 15) is 4.79 Å². The fourth-order valence-corrected chi connectivity index (χ4v) is 3.65. The summed E-state index contributed by atoms with van der Waals surface area (Å²) in [6.07, 6.45) is 3.64. The number of carbonyl (C=O) groups excluding carboxylic acids is 1. The maximum Gasteiger partial charge on any atom is 0.256 e. The van der Waals surface area contributed by atoms with E-state index in [1.807, 2.05) is 34.6 Å². The van der Waals surface area contributed by atoms with Gasteiger partial charge in [0.05, 0.1) is 11.6 Å². The number of hydrogen-bond donors (Lipinski definition) is 1. The quantitative estimate of drug-likeness (QED) is 0.798. The van der Waals surface area contributed by atoms with Crippen LogP contribution in [0.1, 0.15) is 41.7 Å². The van der Waals surface area contributed by atoms with Crippen LogP contribution in [0.25, 0.3) is 11.2 Å². The molecule has 6 heteroatoms. The van der Waals surface area contributed by atoms with E-state index in [4.69, 9.17) is 5.73 Å². The highest BCUT2D eigenvalue weighted by atomic mass is 16.2. The van der Waals surface area contributed by atoms with Gasteiger partial charge in [-0.15, -0.1) is 0 Å². The van der Waals surface area contributed by atoms with Crippen molar-refractivity contribution in [2.45, 2.75) is 32.4 Å². The average Bonchev–Trinajstić information content (AvgIpc) is 3.24. The molecule has 6 nitrogen and oxygen atoms in total. The number of nitrogens with zero attached hydrogens (tertiary/aromatic N) is 4. The Labute approximate surface area is 146 Å². The largest absolute Gasteiger partial charge is 0.369 e. The van der Waals surface area contributed by atoms with Gasteiger partial charge in [-0.05, 0) is 31.4 Å². The minimum atomic E-state index is 0.00497. The fourth-order valence-electron chi connectivity index (χ4n) is 3.65. The molecule has 0 saturated carbocycles. The third-order valence-electron chi connectivity index (χ3n) is 4.88. The van der Waals surface area contributed by atoms with Gasteiger partial charge >= 0.3 is 0 Å². The number of anilines is 1. The lowest BCUT2D eigenvalue weighted by molar-refractivity contribution is 0.0735. The van der Waals surface area contributed by atoms with Crippen molar-refractivity contribution in [2.75, 3.05) is 12.3 Å². The first-order valence-electron chi connectivity index (χ1n) is 8.66. The Kier molecular flexibility index (Phi) is 3.87. The molecule has 0 bridgehead atoms. The predicted octanol–water partition coefficient (Wildman–Crippen LogP) is 3.01. The van der Waals surface area contributed by atoms with Gasteiger partial charge in [-0.1, -0.05) is 30.3 Å². The summed E-state index contributed by atoms with van der Waals surface area (Å²) in [6.45, 7) is 3.46. The maximum absolute atomic E-state index is 13.1. The van der Waals surface area contributed by atoms with Gasteiger partial charge in [0.1, 0.15) is 5.52 Å². The zero-order valence-electron chi connectivity index (χ0n) is 14.2. The number of pyridine rings is 1. The predicted molar refractivity (Wildman–Crippen MR) is 97.1 cm³/mol. The van der Waals surface area contributed by atoms with E-state index in [0.29, 0.717) is 23.6 Å². The molecule has 2 N–H and O–H groups in total. The third kappa shape index (κ3) is 2.63. The van der Waals surface area contributed by atoms with Crippen LogP contribution in [0.5, 0.6) is 0 Å². The molecule has 1 atom stereocenters. The molecule has 2 aromatic heterocycles. The number of aryl methyl sites for hydroxylation is 1. The number of aromatic nitrogens is 3. The zero-order valence-corrected chi connectivity index (χ0v) is 14.2. The van der Waals surface area contributed by atoms with Crippen molar-refractivity contribution in [2.24, 2.45) is 0 Å². The smallest absolute Gasteiger partial charge is 0.256 e. The molecule has 0 radical (unpaired) electrons. The highest BCUT2D eigenvalue weighted by molar-refractivity contribution is 5.97. The summed E-state index contributed by atoms with van der Waals surface area (Å²) in [4.78, 5) is 23.8. The number of rotatable bonds is 3. The van der Waals surface area contributed by atoms with Gasteiger partial charge in [-0.2, -0.15) is 0 Å². The molecule has 1 aromatic carbocycles. The SMILES string of the molecule is CCn1c(N)nc2cc(C(=O)N3CCCC3c3ccccc3)cnc21. The van der Waals surface area contributed by atoms with Crippen LogP contribution in [0.3, 0.4) is 0 Å². The average molecular weight is 335 g/mol. The molecule has 1 amide bonds.